The smallest absolute Gasteiger partial charge is 0.407 e. The van der Waals surface area contributed by atoms with Crippen LogP contribution in [-0.4, -0.2) is 46.0 Å². The van der Waals surface area contributed by atoms with Gasteiger partial charge < -0.3 is 14.7 Å². The molecule has 6 nitrogen and oxygen atoms in total. The number of amides is 1. The van der Waals surface area contributed by atoms with E-state index in [2.05, 4.69) is 16.8 Å². The molecule has 132 valence electrons. The first-order valence-electron chi connectivity index (χ1n) is 8.26. The molecule has 1 aliphatic rings. The van der Waals surface area contributed by atoms with E-state index in [4.69, 9.17) is 9.84 Å². The third kappa shape index (κ3) is 3.55. The Balaban J connectivity index is 1.86. The second kappa shape index (κ2) is 7.04. The van der Waals surface area contributed by atoms with Crippen LogP contribution in [0.5, 0.6) is 0 Å². The summed E-state index contributed by atoms with van der Waals surface area (Å²) in [5.74, 6) is 0.0904. The zero-order chi connectivity index (χ0) is 18.0. The van der Waals surface area contributed by atoms with Crippen LogP contribution in [0, 0.1) is 5.82 Å². The van der Waals surface area contributed by atoms with Crippen molar-refractivity contribution < 1.29 is 19.0 Å². The summed E-state index contributed by atoms with van der Waals surface area (Å²) in [7, 11) is 0. The highest BCUT2D eigenvalue weighted by molar-refractivity contribution is 5.82. The summed E-state index contributed by atoms with van der Waals surface area (Å²) in [6, 6.07) is 4.81. The van der Waals surface area contributed by atoms with Crippen molar-refractivity contribution in [2.45, 2.75) is 25.7 Å². The first-order valence-corrected chi connectivity index (χ1v) is 8.26. The Bertz CT molecular complexity index is 817. The lowest BCUT2D eigenvalue weighted by atomic mass is 9.93. The number of piperidine rings is 1. The maximum Gasteiger partial charge on any atom is 0.407 e. The number of carbonyl (C=O) groups is 1. The number of carboxylic acid groups (broad SMARTS) is 1. The highest BCUT2D eigenvalue weighted by atomic mass is 19.1. The van der Waals surface area contributed by atoms with Crippen LogP contribution in [0.15, 0.2) is 24.8 Å². The van der Waals surface area contributed by atoms with Crippen molar-refractivity contribution in [2.24, 2.45) is 0 Å². The van der Waals surface area contributed by atoms with Crippen molar-refractivity contribution in [2.75, 3.05) is 19.7 Å². The van der Waals surface area contributed by atoms with Crippen LogP contribution in [0.25, 0.3) is 16.7 Å². The normalized spacial score (nSPS) is 15.4. The SMILES string of the molecule is C=C(OCC)c1cc(F)c2cc(C3CCN(C(=O)O)CC3)nnc2c1. The van der Waals surface area contributed by atoms with Gasteiger partial charge in [-0.3, -0.25) is 0 Å². The largest absolute Gasteiger partial charge is 0.494 e. The molecule has 1 N–H and O–H groups in total. The summed E-state index contributed by atoms with van der Waals surface area (Å²) in [6.45, 7) is 6.99. The molecule has 0 radical (unpaired) electrons. The average Bonchev–Trinajstić information content (AvgIpc) is 2.61. The van der Waals surface area contributed by atoms with Crippen LogP contribution in [0.4, 0.5) is 9.18 Å². The molecule has 1 saturated heterocycles. The van der Waals surface area contributed by atoms with Crippen LogP contribution in [-0.2, 0) is 4.74 Å². The maximum absolute atomic E-state index is 14.5. The highest BCUT2D eigenvalue weighted by Gasteiger charge is 2.25. The fourth-order valence-electron chi connectivity index (χ4n) is 3.10. The standard InChI is InChI=1S/C18H20FN3O3/c1-3-25-11(2)13-8-15(19)14-10-16(20-21-17(14)9-13)12-4-6-22(7-5-12)18(23)24/h8-10,12H,2-7H2,1H3,(H,23,24). The van der Waals surface area contributed by atoms with E-state index < -0.39 is 11.9 Å². The second-order valence-electron chi connectivity index (χ2n) is 6.06. The molecule has 0 saturated carbocycles. The van der Waals surface area contributed by atoms with Gasteiger partial charge in [-0.25, -0.2) is 9.18 Å². The Kier molecular flexibility index (Phi) is 4.83. The van der Waals surface area contributed by atoms with Crippen molar-refractivity contribution in [3.63, 3.8) is 0 Å². The van der Waals surface area contributed by atoms with Crippen molar-refractivity contribution in [1.29, 1.82) is 0 Å². The van der Waals surface area contributed by atoms with Gasteiger partial charge in [0.2, 0.25) is 0 Å². The molecule has 2 heterocycles. The first kappa shape index (κ1) is 17.1. The molecule has 1 aromatic carbocycles. The number of hydrogen-bond acceptors (Lipinski definition) is 4. The van der Waals surface area contributed by atoms with E-state index in [0.29, 0.717) is 60.5 Å². The third-order valence-corrected chi connectivity index (χ3v) is 4.50. The minimum absolute atomic E-state index is 0.0879. The van der Waals surface area contributed by atoms with E-state index >= 15 is 0 Å². The van der Waals surface area contributed by atoms with Crippen LogP contribution in [0.3, 0.4) is 0 Å². The maximum atomic E-state index is 14.5. The fraction of sp³-hybridized carbons (Fsp3) is 0.389. The molecular weight excluding hydrogens is 325 g/mol. The van der Waals surface area contributed by atoms with Crippen LogP contribution in [0.1, 0.15) is 36.9 Å². The topological polar surface area (TPSA) is 75.5 Å². The Labute approximate surface area is 144 Å². The number of ether oxygens (including phenoxy) is 1. The van der Waals surface area contributed by atoms with E-state index in [1.165, 1.54) is 11.0 Å². The van der Waals surface area contributed by atoms with E-state index in [0.717, 1.165) is 0 Å². The summed E-state index contributed by atoms with van der Waals surface area (Å²) in [4.78, 5) is 12.4. The number of aromatic nitrogens is 2. The molecule has 2 aromatic rings. The van der Waals surface area contributed by atoms with Gasteiger partial charge in [0.15, 0.2) is 0 Å². The van der Waals surface area contributed by atoms with Crippen molar-refractivity contribution in [3.8, 4) is 0 Å². The molecule has 0 bridgehead atoms. The predicted octanol–water partition coefficient (Wildman–Crippen LogP) is 3.63. The van der Waals surface area contributed by atoms with E-state index in [9.17, 15) is 9.18 Å². The van der Waals surface area contributed by atoms with E-state index in [-0.39, 0.29) is 5.92 Å². The van der Waals surface area contributed by atoms with Crippen LogP contribution >= 0.6 is 0 Å². The monoisotopic (exact) mass is 345 g/mol. The molecule has 1 amide bonds. The molecule has 25 heavy (non-hydrogen) atoms. The minimum Gasteiger partial charge on any atom is -0.494 e. The molecular formula is C18H20FN3O3. The third-order valence-electron chi connectivity index (χ3n) is 4.50. The first-order chi connectivity index (χ1) is 12.0. The van der Waals surface area contributed by atoms with E-state index in [1.807, 2.05) is 6.92 Å². The summed E-state index contributed by atoms with van der Waals surface area (Å²) < 4.78 is 19.8. The number of nitrogens with zero attached hydrogens (tertiary/aromatic N) is 3. The van der Waals surface area contributed by atoms with Gasteiger partial charge in [0.25, 0.3) is 0 Å². The molecule has 0 aliphatic carbocycles. The van der Waals surface area contributed by atoms with Gasteiger partial charge in [0.1, 0.15) is 11.6 Å². The number of benzene rings is 1. The molecule has 1 aromatic heterocycles. The average molecular weight is 345 g/mol. The van der Waals surface area contributed by atoms with Crippen molar-refractivity contribution in [3.05, 3.63) is 41.9 Å². The number of fused-ring (bicyclic) bond motifs is 1. The Morgan fingerprint density at radius 1 is 1.36 bits per heavy atom. The van der Waals surface area contributed by atoms with Gasteiger partial charge in [-0.15, -0.1) is 0 Å². The van der Waals surface area contributed by atoms with Gasteiger partial charge in [-0.2, -0.15) is 10.2 Å². The lowest BCUT2D eigenvalue weighted by Gasteiger charge is -2.29. The highest BCUT2D eigenvalue weighted by Crippen LogP contribution is 2.29. The molecule has 1 aliphatic heterocycles. The Hall–Kier alpha value is -2.70. The summed E-state index contributed by atoms with van der Waals surface area (Å²) in [5, 5.41) is 17.8. The minimum atomic E-state index is -0.906. The van der Waals surface area contributed by atoms with E-state index in [1.54, 1.807) is 12.1 Å². The van der Waals surface area contributed by atoms with Crippen LogP contribution in [0.2, 0.25) is 0 Å². The van der Waals surface area contributed by atoms with Crippen LogP contribution < -0.4 is 0 Å². The van der Waals surface area contributed by atoms with Gasteiger partial charge in [-0.1, -0.05) is 6.58 Å². The molecule has 0 spiro atoms. The zero-order valence-electron chi connectivity index (χ0n) is 14.0. The molecule has 0 unspecified atom stereocenters. The van der Waals surface area contributed by atoms with Crippen molar-refractivity contribution in [1.82, 2.24) is 15.1 Å². The predicted molar refractivity (Wildman–Crippen MR) is 91.7 cm³/mol. The Morgan fingerprint density at radius 3 is 2.72 bits per heavy atom. The summed E-state index contributed by atoms with van der Waals surface area (Å²) >= 11 is 0. The quantitative estimate of drug-likeness (QED) is 0.856. The second-order valence-corrected chi connectivity index (χ2v) is 6.06. The summed E-state index contributed by atoms with van der Waals surface area (Å²) in [6.07, 6.45) is 0.414. The number of hydrogen-bond donors (Lipinski definition) is 1. The van der Waals surface area contributed by atoms with Gasteiger partial charge >= 0.3 is 6.09 Å². The van der Waals surface area contributed by atoms with Crippen molar-refractivity contribution >= 4 is 22.8 Å². The number of halogens is 1. The molecule has 0 atom stereocenters. The number of rotatable bonds is 4. The summed E-state index contributed by atoms with van der Waals surface area (Å²) in [5.41, 5.74) is 1.69. The Morgan fingerprint density at radius 2 is 2.08 bits per heavy atom. The van der Waals surface area contributed by atoms with Gasteiger partial charge in [-0.05, 0) is 38.0 Å². The fourth-order valence-corrected chi connectivity index (χ4v) is 3.10. The zero-order valence-corrected chi connectivity index (χ0v) is 14.0. The lowest BCUT2D eigenvalue weighted by Crippen LogP contribution is -2.37. The molecule has 3 rings (SSSR count). The molecule has 1 fully saturated rings. The van der Waals surface area contributed by atoms with Gasteiger partial charge in [0.05, 0.1) is 17.8 Å². The lowest BCUT2D eigenvalue weighted by molar-refractivity contribution is 0.131. The number of likely N-dealkylation sites (tertiary alicyclic amines) is 1. The molecule has 7 heteroatoms. The van der Waals surface area contributed by atoms with Gasteiger partial charge in [0, 0.05) is 30.0 Å².